The van der Waals surface area contributed by atoms with Gasteiger partial charge in [0.25, 0.3) is 0 Å². The molecule has 15 heavy (non-hydrogen) atoms. The van der Waals surface area contributed by atoms with Crippen LogP contribution in [0.2, 0.25) is 0 Å². The molecule has 0 fully saturated rings. The first-order valence-electron chi connectivity index (χ1n) is 5.41. The van der Waals surface area contributed by atoms with Crippen LogP contribution < -0.4 is 5.32 Å². The second-order valence-electron chi connectivity index (χ2n) is 3.96. The number of anilines is 1. The lowest BCUT2D eigenvalue weighted by molar-refractivity contribution is 0.688. The molecule has 0 saturated heterocycles. The topological polar surface area (TPSA) is 12.0 Å². The third-order valence-corrected chi connectivity index (χ3v) is 3.23. The summed E-state index contributed by atoms with van der Waals surface area (Å²) in [6, 6.07) is 8.44. The van der Waals surface area contributed by atoms with E-state index in [-0.39, 0.29) is 0 Å². The Morgan fingerprint density at radius 2 is 2.07 bits per heavy atom. The molecule has 1 N–H and O–H groups in total. The molecule has 0 amide bonds. The lowest BCUT2D eigenvalue weighted by Crippen LogP contribution is -2.06. The van der Waals surface area contributed by atoms with E-state index in [1.807, 2.05) is 14.0 Å². The maximum absolute atomic E-state index is 5.18. The van der Waals surface area contributed by atoms with E-state index in [1.54, 1.807) is 0 Å². The summed E-state index contributed by atoms with van der Waals surface area (Å²) in [7, 11) is 1.96. The Hall–Kier alpha value is -0.890. The van der Waals surface area contributed by atoms with E-state index in [1.165, 1.54) is 11.3 Å². The quantitative estimate of drug-likeness (QED) is 0.761. The van der Waals surface area contributed by atoms with Crippen molar-refractivity contribution in [3.63, 3.8) is 0 Å². The fourth-order valence-corrected chi connectivity index (χ4v) is 1.68. The van der Waals surface area contributed by atoms with Crippen molar-refractivity contribution < 1.29 is 0 Å². The average molecular weight is 221 g/mol. The number of hydrogen-bond acceptors (Lipinski definition) is 2. The van der Waals surface area contributed by atoms with E-state index >= 15 is 0 Å². The van der Waals surface area contributed by atoms with Crippen molar-refractivity contribution in [1.29, 1.82) is 0 Å². The minimum Gasteiger partial charge on any atom is -0.388 e. The summed E-state index contributed by atoms with van der Waals surface area (Å²) in [4.78, 5) is 1.11. The van der Waals surface area contributed by atoms with Gasteiger partial charge in [-0.25, -0.2) is 0 Å². The van der Waals surface area contributed by atoms with Gasteiger partial charge >= 0.3 is 0 Å². The lowest BCUT2D eigenvalue weighted by atomic mass is 9.98. The largest absolute Gasteiger partial charge is 0.388 e. The van der Waals surface area contributed by atoms with Gasteiger partial charge in [-0.2, -0.15) is 0 Å². The number of hydrogen-bond donors (Lipinski definition) is 1. The van der Waals surface area contributed by atoms with E-state index in [9.17, 15) is 0 Å². The highest BCUT2D eigenvalue weighted by molar-refractivity contribution is 7.80. The fourth-order valence-electron chi connectivity index (χ4n) is 1.56. The first-order valence-corrected chi connectivity index (χ1v) is 5.82. The Labute approximate surface area is 97.9 Å². The van der Waals surface area contributed by atoms with E-state index in [4.69, 9.17) is 12.2 Å². The normalized spacial score (nSPS) is 12.2. The molecular formula is C13H19NS. The minimum absolute atomic E-state index is 0.532. The minimum atomic E-state index is 0.532. The summed E-state index contributed by atoms with van der Waals surface area (Å²) < 4.78 is 0. The second kappa shape index (κ2) is 5.86. The highest BCUT2D eigenvalue weighted by Crippen LogP contribution is 2.18. The van der Waals surface area contributed by atoms with Crippen molar-refractivity contribution >= 4 is 22.8 Å². The third-order valence-electron chi connectivity index (χ3n) is 2.83. The lowest BCUT2D eigenvalue weighted by Gasteiger charge is -2.12. The average Bonchev–Trinajstić information content (AvgIpc) is 2.26. The van der Waals surface area contributed by atoms with Gasteiger partial charge < -0.3 is 5.32 Å². The van der Waals surface area contributed by atoms with Crippen LogP contribution in [0.5, 0.6) is 0 Å². The number of rotatable bonds is 5. The van der Waals surface area contributed by atoms with Gasteiger partial charge in [-0.1, -0.05) is 37.3 Å². The molecule has 0 aliphatic carbocycles. The second-order valence-corrected chi connectivity index (χ2v) is 4.60. The van der Waals surface area contributed by atoms with Gasteiger partial charge in [-0.05, 0) is 42.2 Å². The van der Waals surface area contributed by atoms with Crippen LogP contribution >= 0.6 is 12.2 Å². The number of benzene rings is 1. The molecule has 1 nitrogen and oxygen atoms in total. The smallest absolute Gasteiger partial charge is 0.0370 e. The standard InChI is InChI=1S/C13H19NS/c1-10(11(2)15)8-9-12-6-4-5-7-13(12)14-3/h4-7,10,14H,8-9H2,1-3H3. The molecule has 0 aliphatic rings. The molecule has 1 aromatic rings. The van der Waals surface area contributed by atoms with Gasteiger partial charge in [0.2, 0.25) is 0 Å². The summed E-state index contributed by atoms with van der Waals surface area (Å²) >= 11 is 5.18. The fraction of sp³-hybridized carbons (Fsp3) is 0.462. The predicted octanol–water partition coefficient (Wildman–Crippen LogP) is 3.69. The van der Waals surface area contributed by atoms with Crippen molar-refractivity contribution in [2.45, 2.75) is 26.7 Å². The third kappa shape index (κ3) is 3.63. The van der Waals surface area contributed by atoms with E-state index in [0.717, 1.165) is 17.7 Å². The molecule has 0 aliphatic heterocycles. The Morgan fingerprint density at radius 1 is 1.40 bits per heavy atom. The Kier molecular flexibility index (Phi) is 4.76. The van der Waals surface area contributed by atoms with E-state index in [2.05, 4.69) is 36.5 Å². The molecule has 2 heteroatoms. The van der Waals surface area contributed by atoms with Gasteiger partial charge in [0.15, 0.2) is 0 Å². The highest BCUT2D eigenvalue weighted by atomic mass is 32.1. The summed E-state index contributed by atoms with van der Waals surface area (Å²) in [5.41, 5.74) is 2.61. The van der Waals surface area contributed by atoms with Crippen LogP contribution in [0.25, 0.3) is 0 Å². The van der Waals surface area contributed by atoms with Gasteiger partial charge in [0.05, 0.1) is 0 Å². The molecule has 1 rings (SSSR count). The van der Waals surface area contributed by atoms with Gasteiger partial charge in [-0.3, -0.25) is 0 Å². The number of para-hydroxylation sites is 1. The molecule has 0 radical (unpaired) electrons. The van der Waals surface area contributed by atoms with Crippen LogP contribution in [-0.4, -0.2) is 11.9 Å². The zero-order chi connectivity index (χ0) is 11.3. The summed E-state index contributed by atoms with van der Waals surface area (Å²) in [6.45, 7) is 4.23. The van der Waals surface area contributed by atoms with Crippen LogP contribution in [0.1, 0.15) is 25.8 Å². The first-order chi connectivity index (χ1) is 7.15. The Balaban J connectivity index is 2.60. The summed E-state index contributed by atoms with van der Waals surface area (Å²) in [6.07, 6.45) is 2.22. The van der Waals surface area contributed by atoms with Gasteiger partial charge in [0, 0.05) is 12.7 Å². The number of thiocarbonyl (C=S) groups is 1. The first kappa shape index (κ1) is 12.2. The van der Waals surface area contributed by atoms with Crippen LogP contribution in [0, 0.1) is 5.92 Å². The Morgan fingerprint density at radius 3 is 2.67 bits per heavy atom. The van der Waals surface area contributed by atoms with Gasteiger partial charge in [0.1, 0.15) is 0 Å². The molecule has 0 heterocycles. The molecule has 1 atom stereocenters. The van der Waals surface area contributed by atoms with Crippen molar-refractivity contribution in [2.75, 3.05) is 12.4 Å². The van der Waals surface area contributed by atoms with Crippen molar-refractivity contribution in [3.05, 3.63) is 29.8 Å². The molecule has 1 unspecified atom stereocenters. The molecule has 0 aromatic heterocycles. The van der Waals surface area contributed by atoms with Crippen molar-refractivity contribution in [1.82, 2.24) is 0 Å². The van der Waals surface area contributed by atoms with Crippen LogP contribution in [0.4, 0.5) is 5.69 Å². The number of nitrogens with one attached hydrogen (secondary N) is 1. The molecule has 0 bridgehead atoms. The zero-order valence-corrected chi connectivity index (χ0v) is 10.5. The summed E-state index contributed by atoms with van der Waals surface area (Å²) in [5, 5.41) is 3.22. The van der Waals surface area contributed by atoms with Gasteiger partial charge in [-0.15, -0.1) is 0 Å². The molecule has 82 valence electrons. The summed E-state index contributed by atoms with van der Waals surface area (Å²) in [5.74, 6) is 0.532. The van der Waals surface area contributed by atoms with Crippen LogP contribution in [0.15, 0.2) is 24.3 Å². The van der Waals surface area contributed by atoms with Crippen molar-refractivity contribution in [2.24, 2.45) is 5.92 Å². The maximum atomic E-state index is 5.18. The zero-order valence-electron chi connectivity index (χ0n) is 9.71. The SMILES string of the molecule is CNc1ccccc1CCC(C)C(C)=S. The van der Waals surface area contributed by atoms with Crippen molar-refractivity contribution in [3.8, 4) is 0 Å². The molecule has 0 spiro atoms. The van der Waals surface area contributed by atoms with Crippen LogP contribution in [-0.2, 0) is 6.42 Å². The monoisotopic (exact) mass is 221 g/mol. The molecule has 1 aromatic carbocycles. The molecule has 0 saturated carbocycles. The maximum Gasteiger partial charge on any atom is 0.0370 e. The van der Waals surface area contributed by atoms with Crippen LogP contribution in [0.3, 0.4) is 0 Å². The molecular weight excluding hydrogens is 202 g/mol. The van der Waals surface area contributed by atoms with E-state index < -0.39 is 0 Å². The number of aryl methyl sites for hydroxylation is 1. The Bertz CT molecular complexity index is 333. The predicted molar refractivity (Wildman–Crippen MR) is 71.7 cm³/mol. The highest BCUT2D eigenvalue weighted by Gasteiger charge is 2.06. The van der Waals surface area contributed by atoms with E-state index in [0.29, 0.717) is 5.92 Å².